The van der Waals surface area contributed by atoms with Gasteiger partial charge in [-0.1, -0.05) is 33.1 Å². The van der Waals surface area contributed by atoms with Gasteiger partial charge in [-0.2, -0.15) is 0 Å². The van der Waals surface area contributed by atoms with Gasteiger partial charge < -0.3 is 10.6 Å². The van der Waals surface area contributed by atoms with E-state index >= 15 is 0 Å². The molecule has 0 aromatic rings. The first kappa shape index (κ1) is 18.0. The first-order chi connectivity index (χ1) is 8.27. The molecule has 0 aliphatic heterocycles. The van der Waals surface area contributed by atoms with Gasteiger partial charge in [-0.25, -0.2) is 0 Å². The van der Waals surface area contributed by atoms with E-state index in [0.717, 1.165) is 43.9 Å². The van der Waals surface area contributed by atoms with Crippen molar-refractivity contribution in [1.29, 1.82) is 0 Å². The lowest BCUT2D eigenvalue weighted by Gasteiger charge is -2.27. The Balaban J connectivity index is 0.00000289. The van der Waals surface area contributed by atoms with Crippen LogP contribution in [0.5, 0.6) is 0 Å². The maximum Gasteiger partial charge on any atom is 0.191 e. The van der Waals surface area contributed by atoms with Crippen molar-refractivity contribution < 1.29 is 0 Å². The zero-order valence-electron chi connectivity index (χ0n) is 12.2. The van der Waals surface area contributed by atoms with Crippen LogP contribution >= 0.6 is 24.0 Å². The van der Waals surface area contributed by atoms with E-state index in [0.29, 0.717) is 0 Å². The quantitative estimate of drug-likeness (QED) is 0.444. The molecule has 1 rings (SSSR count). The van der Waals surface area contributed by atoms with E-state index in [2.05, 4.69) is 31.4 Å². The van der Waals surface area contributed by atoms with Crippen LogP contribution in [0.1, 0.15) is 52.9 Å². The first-order valence-electron chi connectivity index (χ1n) is 7.30. The minimum absolute atomic E-state index is 0. The minimum Gasteiger partial charge on any atom is -0.357 e. The van der Waals surface area contributed by atoms with Gasteiger partial charge in [0.1, 0.15) is 0 Å². The van der Waals surface area contributed by atoms with Crippen LogP contribution in [0.15, 0.2) is 4.99 Å². The first-order valence-corrected chi connectivity index (χ1v) is 7.30. The summed E-state index contributed by atoms with van der Waals surface area (Å²) in [5.41, 5.74) is 0. The second kappa shape index (κ2) is 10.9. The Bertz CT molecular complexity index is 231. The Hall–Kier alpha value is 0. The number of hydrogen-bond donors (Lipinski definition) is 2. The zero-order chi connectivity index (χ0) is 12.5. The molecule has 2 N–H and O–H groups in total. The topological polar surface area (TPSA) is 36.4 Å². The van der Waals surface area contributed by atoms with Crippen LogP contribution < -0.4 is 10.6 Å². The summed E-state index contributed by atoms with van der Waals surface area (Å²) in [5.74, 6) is 2.63. The van der Waals surface area contributed by atoms with Gasteiger partial charge in [0.25, 0.3) is 0 Å². The molecule has 0 aromatic carbocycles. The van der Waals surface area contributed by atoms with Gasteiger partial charge in [-0.05, 0) is 31.6 Å². The molecule has 3 nitrogen and oxygen atoms in total. The fraction of sp³-hybridized carbons (Fsp3) is 0.929. The molecule has 1 fully saturated rings. The zero-order valence-corrected chi connectivity index (χ0v) is 14.5. The molecular formula is C14H30IN3. The lowest BCUT2D eigenvalue weighted by molar-refractivity contribution is 0.263. The molecule has 1 aliphatic rings. The molecule has 108 valence electrons. The Labute approximate surface area is 130 Å². The van der Waals surface area contributed by atoms with Crippen LogP contribution in [0.25, 0.3) is 0 Å². The normalized spacial score (nSPS) is 24.3. The summed E-state index contributed by atoms with van der Waals surface area (Å²) in [6.45, 7) is 9.61. The van der Waals surface area contributed by atoms with Gasteiger partial charge >= 0.3 is 0 Å². The van der Waals surface area contributed by atoms with Crippen molar-refractivity contribution in [3.05, 3.63) is 0 Å². The molecule has 0 aromatic heterocycles. The second-order valence-corrected chi connectivity index (χ2v) is 5.17. The predicted octanol–water partition coefficient (Wildman–Crippen LogP) is 3.40. The van der Waals surface area contributed by atoms with Crippen LogP contribution in [0.3, 0.4) is 0 Å². The number of aliphatic imine (C=N–C) groups is 1. The van der Waals surface area contributed by atoms with Gasteiger partial charge in [0.15, 0.2) is 5.96 Å². The molecule has 0 bridgehead atoms. The van der Waals surface area contributed by atoms with Crippen molar-refractivity contribution in [3.63, 3.8) is 0 Å². The highest BCUT2D eigenvalue weighted by Gasteiger charge is 2.20. The smallest absolute Gasteiger partial charge is 0.191 e. The number of halogens is 1. The van der Waals surface area contributed by atoms with E-state index in [1.807, 2.05) is 0 Å². The largest absolute Gasteiger partial charge is 0.357 e. The van der Waals surface area contributed by atoms with E-state index in [9.17, 15) is 0 Å². The Morgan fingerprint density at radius 2 is 1.89 bits per heavy atom. The molecule has 2 unspecified atom stereocenters. The summed E-state index contributed by atoms with van der Waals surface area (Å²) < 4.78 is 0. The third-order valence-corrected chi connectivity index (χ3v) is 3.66. The van der Waals surface area contributed by atoms with Gasteiger partial charge in [0.05, 0.1) is 0 Å². The number of rotatable bonds is 5. The lowest BCUT2D eigenvalue weighted by Crippen LogP contribution is -2.38. The SMILES string of the molecule is CCCNC(=NCC1CCCCC1C)NCC.I. The van der Waals surface area contributed by atoms with Crippen LogP contribution in [0, 0.1) is 11.8 Å². The molecule has 0 radical (unpaired) electrons. The highest BCUT2D eigenvalue weighted by atomic mass is 127. The minimum atomic E-state index is 0. The van der Waals surface area contributed by atoms with Crippen molar-refractivity contribution >= 4 is 29.9 Å². The number of nitrogens with zero attached hydrogens (tertiary/aromatic N) is 1. The van der Waals surface area contributed by atoms with Crippen molar-refractivity contribution in [3.8, 4) is 0 Å². The molecule has 0 heterocycles. The van der Waals surface area contributed by atoms with E-state index in [4.69, 9.17) is 4.99 Å². The highest BCUT2D eigenvalue weighted by Crippen LogP contribution is 2.29. The molecule has 0 amide bonds. The second-order valence-electron chi connectivity index (χ2n) is 5.17. The maximum absolute atomic E-state index is 4.72. The van der Waals surface area contributed by atoms with Crippen LogP contribution in [-0.4, -0.2) is 25.6 Å². The van der Waals surface area contributed by atoms with Crippen LogP contribution in [0.4, 0.5) is 0 Å². The number of guanidine groups is 1. The third-order valence-electron chi connectivity index (χ3n) is 3.66. The highest BCUT2D eigenvalue weighted by molar-refractivity contribution is 14.0. The van der Waals surface area contributed by atoms with Gasteiger partial charge in [-0.15, -0.1) is 24.0 Å². The summed E-state index contributed by atoms with van der Waals surface area (Å²) in [6, 6.07) is 0. The van der Waals surface area contributed by atoms with Crippen molar-refractivity contribution in [2.75, 3.05) is 19.6 Å². The van der Waals surface area contributed by atoms with Gasteiger partial charge in [0.2, 0.25) is 0 Å². The molecule has 0 saturated heterocycles. The fourth-order valence-electron chi connectivity index (χ4n) is 2.46. The molecule has 4 heteroatoms. The summed E-state index contributed by atoms with van der Waals surface area (Å²) in [6.07, 6.45) is 6.69. The molecule has 1 saturated carbocycles. The Morgan fingerprint density at radius 1 is 1.17 bits per heavy atom. The average molecular weight is 367 g/mol. The Kier molecular flexibility index (Phi) is 10.9. The average Bonchev–Trinajstić information content (AvgIpc) is 2.34. The molecule has 1 aliphatic carbocycles. The molecule has 2 atom stereocenters. The lowest BCUT2D eigenvalue weighted by atomic mass is 9.80. The third kappa shape index (κ3) is 6.81. The summed E-state index contributed by atoms with van der Waals surface area (Å²) >= 11 is 0. The predicted molar refractivity (Wildman–Crippen MR) is 90.8 cm³/mol. The maximum atomic E-state index is 4.72. The van der Waals surface area contributed by atoms with Crippen molar-refractivity contribution in [2.24, 2.45) is 16.8 Å². The van der Waals surface area contributed by atoms with Gasteiger partial charge in [-0.3, -0.25) is 4.99 Å². The van der Waals surface area contributed by atoms with E-state index in [1.54, 1.807) is 0 Å². The number of hydrogen-bond acceptors (Lipinski definition) is 1. The number of nitrogens with one attached hydrogen (secondary N) is 2. The van der Waals surface area contributed by atoms with E-state index < -0.39 is 0 Å². The fourth-order valence-corrected chi connectivity index (χ4v) is 2.46. The summed E-state index contributed by atoms with van der Waals surface area (Å²) in [5, 5.41) is 6.67. The summed E-state index contributed by atoms with van der Waals surface area (Å²) in [7, 11) is 0. The van der Waals surface area contributed by atoms with Crippen LogP contribution in [0.2, 0.25) is 0 Å². The summed E-state index contributed by atoms with van der Waals surface area (Å²) in [4.78, 5) is 4.72. The Morgan fingerprint density at radius 3 is 2.50 bits per heavy atom. The monoisotopic (exact) mass is 367 g/mol. The van der Waals surface area contributed by atoms with Gasteiger partial charge in [0, 0.05) is 19.6 Å². The van der Waals surface area contributed by atoms with Crippen molar-refractivity contribution in [1.82, 2.24) is 10.6 Å². The van der Waals surface area contributed by atoms with E-state index in [-0.39, 0.29) is 24.0 Å². The van der Waals surface area contributed by atoms with Crippen molar-refractivity contribution in [2.45, 2.75) is 52.9 Å². The van der Waals surface area contributed by atoms with E-state index in [1.165, 1.54) is 25.7 Å². The standard InChI is InChI=1S/C14H29N3.HI/c1-4-10-16-14(15-5-2)17-11-13-9-7-6-8-12(13)3;/h12-13H,4-11H2,1-3H3,(H2,15,16,17);1H. The molecular weight excluding hydrogens is 337 g/mol. The molecule has 0 spiro atoms. The van der Waals surface area contributed by atoms with Crippen LogP contribution in [-0.2, 0) is 0 Å². The molecule has 18 heavy (non-hydrogen) atoms.